The molecule has 3 rings (SSSR count). The van der Waals surface area contributed by atoms with E-state index < -0.39 is 6.10 Å². The number of anilines is 2. The van der Waals surface area contributed by atoms with Gasteiger partial charge in [-0.15, -0.1) is 0 Å². The second kappa shape index (κ2) is 8.90. The van der Waals surface area contributed by atoms with E-state index in [2.05, 4.69) is 21.3 Å². The molecule has 146 valence electrons. The monoisotopic (exact) mass is 382 g/mol. The first-order valence-corrected chi connectivity index (χ1v) is 8.98. The highest BCUT2D eigenvalue weighted by Gasteiger charge is 2.23. The molecule has 0 radical (unpaired) electrons. The highest BCUT2D eigenvalue weighted by Crippen LogP contribution is 2.32. The van der Waals surface area contributed by atoms with Crippen LogP contribution in [0.25, 0.3) is 0 Å². The van der Waals surface area contributed by atoms with Crippen molar-refractivity contribution >= 4 is 29.2 Å². The van der Waals surface area contributed by atoms with Crippen LogP contribution in [-0.4, -0.2) is 30.5 Å². The Bertz CT molecular complexity index is 870. The molecule has 8 nitrogen and oxygen atoms in total. The molecular weight excluding hydrogens is 360 g/mol. The first-order chi connectivity index (χ1) is 13.5. The summed E-state index contributed by atoms with van der Waals surface area (Å²) >= 11 is 0. The summed E-state index contributed by atoms with van der Waals surface area (Å²) in [5.41, 5.74) is 2.04. The number of rotatable bonds is 6. The Kier molecular flexibility index (Phi) is 6.11. The highest BCUT2D eigenvalue weighted by molar-refractivity contribution is 5.99. The summed E-state index contributed by atoms with van der Waals surface area (Å²) in [6, 6.07) is 14.2. The fraction of sp³-hybridized carbons (Fsp3) is 0.250. The Balaban J connectivity index is 1.40. The molecule has 0 aliphatic carbocycles. The van der Waals surface area contributed by atoms with Crippen molar-refractivity contribution in [3.05, 3.63) is 54.1 Å². The van der Waals surface area contributed by atoms with Crippen molar-refractivity contribution in [2.75, 3.05) is 17.2 Å². The summed E-state index contributed by atoms with van der Waals surface area (Å²) in [5.74, 6) is 0.0725. The van der Waals surface area contributed by atoms with Gasteiger partial charge in [0.2, 0.25) is 5.91 Å². The minimum Gasteiger partial charge on any atom is -0.479 e. The smallest absolute Gasteiger partial charge is 0.315 e. The number of carbonyl (C=O) groups excluding carboxylic acids is 3. The molecule has 0 spiro atoms. The Hall–Kier alpha value is -3.55. The third kappa shape index (κ3) is 5.23. The molecule has 4 amide bonds. The average molecular weight is 382 g/mol. The lowest BCUT2D eigenvalue weighted by atomic mass is 10.2. The van der Waals surface area contributed by atoms with Crippen LogP contribution in [0.5, 0.6) is 5.75 Å². The molecule has 0 saturated carbocycles. The van der Waals surface area contributed by atoms with E-state index in [1.165, 1.54) is 0 Å². The topological polar surface area (TPSA) is 109 Å². The predicted octanol–water partition coefficient (Wildman–Crippen LogP) is 2.23. The van der Waals surface area contributed by atoms with Crippen LogP contribution >= 0.6 is 0 Å². The third-order valence-electron chi connectivity index (χ3n) is 4.13. The van der Waals surface area contributed by atoms with Crippen LogP contribution in [0.4, 0.5) is 16.2 Å². The van der Waals surface area contributed by atoms with Gasteiger partial charge in [-0.2, -0.15) is 0 Å². The van der Waals surface area contributed by atoms with E-state index in [1.54, 1.807) is 25.1 Å². The summed E-state index contributed by atoms with van der Waals surface area (Å²) in [4.78, 5) is 35.5. The van der Waals surface area contributed by atoms with Crippen molar-refractivity contribution in [1.29, 1.82) is 0 Å². The van der Waals surface area contributed by atoms with Crippen molar-refractivity contribution in [2.45, 2.75) is 26.0 Å². The molecule has 4 N–H and O–H groups in total. The summed E-state index contributed by atoms with van der Waals surface area (Å²) in [5, 5.41) is 10.8. The Labute approximate surface area is 162 Å². The lowest BCUT2D eigenvalue weighted by Crippen LogP contribution is -2.36. The van der Waals surface area contributed by atoms with Crippen molar-refractivity contribution in [2.24, 2.45) is 0 Å². The summed E-state index contributed by atoms with van der Waals surface area (Å²) in [6.07, 6.45) is -0.428. The standard InChI is InChI=1S/C20H22N4O4/c1-13-19(26)24-16-11-15(7-8-17(16)28-13)23-18(25)9-10-21-20(27)22-12-14-5-3-2-4-6-14/h2-8,11,13H,9-10,12H2,1H3,(H,23,25)(H,24,26)(H2,21,22,27)/t13-/m1/s1. The van der Waals surface area contributed by atoms with Gasteiger partial charge in [-0.05, 0) is 30.7 Å². The minimum absolute atomic E-state index is 0.121. The molecular formula is C20H22N4O4. The summed E-state index contributed by atoms with van der Waals surface area (Å²) in [7, 11) is 0. The molecule has 1 aliphatic rings. The van der Waals surface area contributed by atoms with Crippen LogP contribution in [0.1, 0.15) is 18.9 Å². The average Bonchev–Trinajstić information content (AvgIpc) is 2.68. The summed E-state index contributed by atoms with van der Waals surface area (Å²) < 4.78 is 5.47. The fourth-order valence-electron chi connectivity index (χ4n) is 2.64. The van der Waals surface area contributed by atoms with E-state index >= 15 is 0 Å². The first-order valence-electron chi connectivity index (χ1n) is 8.98. The van der Waals surface area contributed by atoms with Gasteiger partial charge in [0, 0.05) is 25.2 Å². The molecule has 0 saturated heterocycles. The Morgan fingerprint density at radius 3 is 2.68 bits per heavy atom. The quantitative estimate of drug-likeness (QED) is 0.614. The molecule has 28 heavy (non-hydrogen) atoms. The van der Waals surface area contributed by atoms with Gasteiger partial charge >= 0.3 is 6.03 Å². The molecule has 0 unspecified atom stereocenters. The number of amides is 4. The highest BCUT2D eigenvalue weighted by atomic mass is 16.5. The zero-order chi connectivity index (χ0) is 19.9. The van der Waals surface area contributed by atoms with Gasteiger partial charge in [0.05, 0.1) is 5.69 Å². The maximum Gasteiger partial charge on any atom is 0.315 e. The third-order valence-corrected chi connectivity index (χ3v) is 4.13. The molecule has 1 atom stereocenters. The van der Waals surface area contributed by atoms with Crippen molar-refractivity contribution in [1.82, 2.24) is 10.6 Å². The molecule has 1 aliphatic heterocycles. The van der Waals surface area contributed by atoms with E-state index in [1.807, 2.05) is 30.3 Å². The van der Waals surface area contributed by atoms with Crippen LogP contribution < -0.4 is 26.0 Å². The van der Waals surface area contributed by atoms with Crippen molar-refractivity contribution in [3.63, 3.8) is 0 Å². The second-order valence-corrected chi connectivity index (χ2v) is 6.35. The van der Waals surface area contributed by atoms with Gasteiger partial charge in [0.1, 0.15) is 5.75 Å². The van der Waals surface area contributed by atoms with Crippen LogP contribution in [0.15, 0.2) is 48.5 Å². The van der Waals surface area contributed by atoms with Crippen LogP contribution in [0, 0.1) is 0 Å². The van der Waals surface area contributed by atoms with Crippen molar-refractivity contribution in [3.8, 4) is 5.75 Å². The molecule has 0 bridgehead atoms. The van der Waals surface area contributed by atoms with Gasteiger partial charge in [0.15, 0.2) is 6.10 Å². The number of fused-ring (bicyclic) bond motifs is 1. The first kappa shape index (κ1) is 19.2. The molecule has 1 heterocycles. The zero-order valence-electron chi connectivity index (χ0n) is 15.5. The molecule has 8 heteroatoms. The van der Waals surface area contributed by atoms with Crippen LogP contribution in [0.2, 0.25) is 0 Å². The van der Waals surface area contributed by atoms with Crippen LogP contribution in [-0.2, 0) is 16.1 Å². The number of carbonyl (C=O) groups is 3. The Morgan fingerprint density at radius 2 is 1.89 bits per heavy atom. The summed E-state index contributed by atoms with van der Waals surface area (Å²) in [6.45, 7) is 2.28. The second-order valence-electron chi connectivity index (χ2n) is 6.35. The minimum atomic E-state index is -0.549. The van der Waals surface area contributed by atoms with E-state index in [9.17, 15) is 14.4 Å². The molecule has 2 aromatic rings. The van der Waals surface area contributed by atoms with E-state index in [0.717, 1.165) is 5.56 Å². The fourth-order valence-corrected chi connectivity index (χ4v) is 2.64. The number of benzene rings is 2. The maximum atomic E-state index is 12.1. The molecule has 0 fully saturated rings. The van der Waals surface area contributed by atoms with Gasteiger partial charge in [0.25, 0.3) is 5.91 Å². The van der Waals surface area contributed by atoms with Crippen molar-refractivity contribution < 1.29 is 19.1 Å². The lowest BCUT2D eigenvalue weighted by Gasteiger charge is -2.23. The van der Waals surface area contributed by atoms with E-state index in [4.69, 9.17) is 4.74 Å². The lowest BCUT2D eigenvalue weighted by molar-refractivity contribution is -0.122. The SMILES string of the molecule is C[C@H]1Oc2ccc(NC(=O)CCNC(=O)NCc3ccccc3)cc2NC1=O. The Morgan fingerprint density at radius 1 is 1.11 bits per heavy atom. The van der Waals surface area contributed by atoms with Gasteiger partial charge in [-0.3, -0.25) is 9.59 Å². The van der Waals surface area contributed by atoms with E-state index in [0.29, 0.717) is 23.7 Å². The maximum absolute atomic E-state index is 12.1. The van der Waals surface area contributed by atoms with Gasteiger partial charge < -0.3 is 26.0 Å². The number of ether oxygens (including phenoxy) is 1. The van der Waals surface area contributed by atoms with Crippen LogP contribution in [0.3, 0.4) is 0 Å². The normalized spacial score (nSPS) is 14.9. The van der Waals surface area contributed by atoms with Gasteiger partial charge in [-0.25, -0.2) is 4.79 Å². The van der Waals surface area contributed by atoms with E-state index in [-0.39, 0.29) is 30.8 Å². The predicted molar refractivity (Wildman–Crippen MR) is 105 cm³/mol. The number of nitrogens with one attached hydrogen (secondary N) is 4. The van der Waals surface area contributed by atoms with Gasteiger partial charge in [-0.1, -0.05) is 30.3 Å². The zero-order valence-corrected chi connectivity index (χ0v) is 15.5. The molecule has 0 aromatic heterocycles. The molecule has 2 aromatic carbocycles. The number of urea groups is 1. The largest absolute Gasteiger partial charge is 0.479 e. The number of hydrogen-bond acceptors (Lipinski definition) is 4. The number of hydrogen-bond donors (Lipinski definition) is 4.